The second kappa shape index (κ2) is 14.9. The van der Waals surface area contributed by atoms with E-state index in [1.54, 1.807) is 0 Å². The van der Waals surface area contributed by atoms with Crippen LogP contribution < -0.4 is 29.7 Å². The number of non-ortho nitro benzene ring substituents is 1. The molecule has 15 heteroatoms. The topological polar surface area (TPSA) is 168 Å². The number of anilines is 1. The van der Waals surface area contributed by atoms with Crippen molar-refractivity contribution in [2.75, 3.05) is 26.6 Å². The molecule has 0 aliphatic heterocycles. The number of carbonyl (C=O) groups is 3. The molecule has 236 valence electrons. The van der Waals surface area contributed by atoms with Gasteiger partial charge in [0.15, 0.2) is 11.5 Å². The lowest BCUT2D eigenvalue weighted by Gasteiger charge is -2.14. The highest BCUT2D eigenvalue weighted by Gasteiger charge is 2.19. The summed E-state index contributed by atoms with van der Waals surface area (Å²) in [6.07, 6.45) is 1.09. The first-order valence-electron chi connectivity index (χ1n) is 13.0. The summed E-state index contributed by atoms with van der Waals surface area (Å²) in [7, 11) is 4.32. The zero-order valence-corrected chi connectivity index (χ0v) is 25.8. The molecule has 0 aliphatic carbocycles. The Morgan fingerprint density at radius 1 is 0.804 bits per heavy atom. The number of hydrazone groups is 1. The Labute approximate surface area is 271 Å². The molecule has 4 aromatic rings. The Morgan fingerprint density at radius 3 is 2.07 bits per heavy atom. The minimum atomic E-state index is -0.841. The maximum absolute atomic E-state index is 12.9. The third-order valence-electron chi connectivity index (χ3n) is 6.26. The van der Waals surface area contributed by atoms with Crippen LogP contribution in [-0.4, -0.2) is 50.3 Å². The van der Waals surface area contributed by atoms with Crippen molar-refractivity contribution in [1.82, 2.24) is 5.43 Å². The van der Waals surface area contributed by atoms with E-state index < -0.39 is 22.7 Å². The van der Waals surface area contributed by atoms with E-state index in [1.807, 2.05) is 0 Å². The van der Waals surface area contributed by atoms with E-state index in [4.69, 9.17) is 42.1 Å². The van der Waals surface area contributed by atoms with E-state index in [1.165, 1.54) is 82.0 Å². The SMILES string of the molecule is COc1cc(C(=O)Nc2ccc(C(=O)N/N=C/c3cc([N+](=O)[O-])ccc3OC(=O)c3ccc(Cl)cc3Cl)cc2)cc(OC)c1OC. The molecule has 0 unspecified atom stereocenters. The van der Waals surface area contributed by atoms with E-state index in [0.717, 1.165) is 18.3 Å². The van der Waals surface area contributed by atoms with Crippen molar-refractivity contribution in [3.05, 3.63) is 115 Å². The predicted molar refractivity (Wildman–Crippen MR) is 170 cm³/mol. The largest absolute Gasteiger partial charge is 0.493 e. The van der Waals surface area contributed by atoms with Crippen LogP contribution >= 0.6 is 23.2 Å². The highest BCUT2D eigenvalue weighted by molar-refractivity contribution is 6.36. The van der Waals surface area contributed by atoms with Crippen LogP contribution in [0, 0.1) is 10.1 Å². The molecule has 0 spiro atoms. The summed E-state index contributed by atoms with van der Waals surface area (Å²) in [5.41, 5.74) is 2.86. The van der Waals surface area contributed by atoms with Gasteiger partial charge >= 0.3 is 5.97 Å². The van der Waals surface area contributed by atoms with Crippen LogP contribution in [0.5, 0.6) is 23.0 Å². The summed E-state index contributed by atoms with van der Waals surface area (Å²) < 4.78 is 21.2. The molecule has 0 saturated carbocycles. The lowest BCUT2D eigenvalue weighted by atomic mass is 10.1. The molecular formula is C31H24Cl2N4O9. The predicted octanol–water partition coefficient (Wildman–Crippen LogP) is 6.16. The number of nitrogens with zero attached hydrogens (tertiary/aromatic N) is 2. The maximum atomic E-state index is 12.9. The zero-order chi connectivity index (χ0) is 33.4. The summed E-state index contributed by atoms with van der Waals surface area (Å²) in [5.74, 6) is -1.06. The molecule has 0 atom stereocenters. The number of esters is 1. The first-order valence-corrected chi connectivity index (χ1v) is 13.8. The first kappa shape index (κ1) is 33.2. The number of benzene rings is 4. The van der Waals surface area contributed by atoms with Gasteiger partial charge in [-0.2, -0.15) is 5.10 Å². The van der Waals surface area contributed by atoms with Gasteiger partial charge < -0.3 is 24.3 Å². The van der Waals surface area contributed by atoms with Gasteiger partial charge in [0.2, 0.25) is 5.75 Å². The minimum Gasteiger partial charge on any atom is -0.493 e. The van der Waals surface area contributed by atoms with Gasteiger partial charge in [0.25, 0.3) is 17.5 Å². The lowest BCUT2D eigenvalue weighted by Crippen LogP contribution is -2.18. The number of hydrogen-bond donors (Lipinski definition) is 2. The average Bonchev–Trinajstić information content (AvgIpc) is 3.04. The van der Waals surface area contributed by atoms with Crippen molar-refractivity contribution in [3.8, 4) is 23.0 Å². The fourth-order valence-corrected chi connectivity index (χ4v) is 4.48. The van der Waals surface area contributed by atoms with Crippen LogP contribution in [0.25, 0.3) is 0 Å². The van der Waals surface area contributed by atoms with Crippen LogP contribution in [0.2, 0.25) is 10.0 Å². The maximum Gasteiger partial charge on any atom is 0.345 e. The van der Waals surface area contributed by atoms with E-state index in [0.29, 0.717) is 28.0 Å². The second-order valence-corrected chi connectivity index (χ2v) is 9.98. The number of carbonyl (C=O) groups excluding carboxylic acids is 3. The Hall–Kier alpha value is -5.66. The van der Waals surface area contributed by atoms with Crippen LogP contribution in [0.1, 0.15) is 36.6 Å². The van der Waals surface area contributed by atoms with Crippen LogP contribution in [0.15, 0.2) is 77.9 Å². The smallest absolute Gasteiger partial charge is 0.345 e. The molecule has 0 aromatic heterocycles. The van der Waals surface area contributed by atoms with Gasteiger partial charge in [-0.05, 0) is 60.7 Å². The van der Waals surface area contributed by atoms with Gasteiger partial charge in [-0.3, -0.25) is 19.7 Å². The number of amides is 2. The van der Waals surface area contributed by atoms with Crippen LogP contribution in [0.4, 0.5) is 11.4 Å². The first-order chi connectivity index (χ1) is 22.0. The van der Waals surface area contributed by atoms with Crippen molar-refractivity contribution in [1.29, 1.82) is 0 Å². The van der Waals surface area contributed by atoms with Crippen molar-refractivity contribution in [2.45, 2.75) is 0 Å². The fourth-order valence-electron chi connectivity index (χ4n) is 4.00. The molecule has 0 radical (unpaired) electrons. The highest BCUT2D eigenvalue weighted by Crippen LogP contribution is 2.38. The zero-order valence-electron chi connectivity index (χ0n) is 24.3. The van der Waals surface area contributed by atoms with Crippen molar-refractivity contribution >= 4 is 58.6 Å². The van der Waals surface area contributed by atoms with E-state index in [-0.39, 0.29) is 38.7 Å². The number of halogens is 2. The lowest BCUT2D eigenvalue weighted by molar-refractivity contribution is -0.384. The van der Waals surface area contributed by atoms with Crippen LogP contribution in [-0.2, 0) is 0 Å². The molecule has 2 amide bonds. The van der Waals surface area contributed by atoms with Gasteiger partial charge in [-0.1, -0.05) is 23.2 Å². The average molecular weight is 667 g/mol. The Bertz CT molecular complexity index is 1820. The number of rotatable bonds is 11. The Balaban J connectivity index is 1.45. The molecule has 4 rings (SSSR count). The fraction of sp³-hybridized carbons (Fsp3) is 0.0968. The Morgan fingerprint density at radius 2 is 1.48 bits per heavy atom. The number of nitro groups is 1. The third kappa shape index (κ3) is 7.88. The standard InChI is InChI=1S/C31H24Cl2N4O9/c1-43-26-13-18(14-27(44-2)28(26)45-3)29(38)35-21-7-4-17(5-8-21)30(39)36-34-16-19-12-22(37(41)42)9-11-25(19)46-31(40)23-10-6-20(32)15-24(23)33/h4-16H,1-3H3,(H,35,38)(H,36,39)/b34-16+. The molecule has 46 heavy (non-hydrogen) atoms. The van der Waals surface area contributed by atoms with E-state index in [2.05, 4.69) is 15.8 Å². The van der Waals surface area contributed by atoms with Crippen LogP contribution in [0.3, 0.4) is 0 Å². The summed E-state index contributed by atoms with van der Waals surface area (Å²) in [6.45, 7) is 0. The summed E-state index contributed by atoms with van der Waals surface area (Å²) >= 11 is 12.0. The van der Waals surface area contributed by atoms with Gasteiger partial charge in [0.1, 0.15) is 5.75 Å². The molecule has 2 N–H and O–H groups in total. The number of hydrogen-bond acceptors (Lipinski definition) is 10. The molecule has 0 heterocycles. The van der Waals surface area contributed by atoms with Gasteiger partial charge in [-0.15, -0.1) is 0 Å². The molecular weight excluding hydrogens is 643 g/mol. The number of nitrogens with one attached hydrogen (secondary N) is 2. The van der Waals surface area contributed by atoms with Gasteiger partial charge in [-0.25, -0.2) is 10.2 Å². The summed E-state index contributed by atoms with van der Waals surface area (Å²) in [4.78, 5) is 49.0. The number of methoxy groups -OCH3 is 3. The molecule has 13 nitrogen and oxygen atoms in total. The van der Waals surface area contributed by atoms with Crippen molar-refractivity contribution in [2.24, 2.45) is 5.10 Å². The van der Waals surface area contributed by atoms with Crippen molar-refractivity contribution in [3.63, 3.8) is 0 Å². The van der Waals surface area contributed by atoms with E-state index in [9.17, 15) is 24.5 Å². The van der Waals surface area contributed by atoms with Gasteiger partial charge in [0.05, 0.1) is 43.1 Å². The quantitative estimate of drug-likeness (QED) is 0.0626. The third-order valence-corrected chi connectivity index (χ3v) is 6.81. The molecule has 0 aliphatic rings. The second-order valence-electron chi connectivity index (χ2n) is 9.14. The normalized spacial score (nSPS) is 10.6. The highest BCUT2D eigenvalue weighted by atomic mass is 35.5. The Kier molecular flexibility index (Phi) is 10.8. The monoisotopic (exact) mass is 666 g/mol. The van der Waals surface area contributed by atoms with Crippen molar-refractivity contribution < 1.29 is 38.3 Å². The number of ether oxygens (including phenoxy) is 4. The molecule has 4 aromatic carbocycles. The minimum absolute atomic E-state index is 0.0173. The molecule has 0 fully saturated rings. The van der Waals surface area contributed by atoms with Gasteiger partial charge in [0, 0.05) is 39.5 Å². The molecule has 0 bridgehead atoms. The summed E-state index contributed by atoms with van der Waals surface area (Å²) in [6, 6.07) is 16.6. The summed E-state index contributed by atoms with van der Waals surface area (Å²) in [5, 5.41) is 18.3. The van der Waals surface area contributed by atoms with E-state index >= 15 is 0 Å². The number of nitro benzene ring substituents is 1. The molecule has 0 saturated heterocycles.